The van der Waals surface area contributed by atoms with E-state index in [4.69, 9.17) is 23.1 Å². The number of hydrogen-bond donors (Lipinski definition) is 2. The maximum absolute atomic E-state index is 6.12. The van der Waals surface area contributed by atoms with Crippen molar-refractivity contribution in [2.75, 3.05) is 14.1 Å². The van der Waals surface area contributed by atoms with Crippen molar-refractivity contribution in [3.63, 3.8) is 0 Å². The molecule has 4 N–H and O–H groups in total. The molecule has 0 aliphatic carbocycles. The number of halogens is 1. The maximum atomic E-state index is 6.12. The molecule has 0 spiro atoms. The lowest BCUT2D eigenvalue weighted by atomic mass is 9.77. The Balaban J connectivity index is 2.92. The Morgan fingerprint density at radius 1 is 1.15 bits per heavy atom. The third-order valence-corrected chi connectivity index (χ3v) is 4.78. The lowest BCUT2D eigenvalue weighted by Gasteiger charge is -2.55. The summed E-state index contributed by atoms with van der Waals surface area (Å²) in [4.78, 5) is 4.59. The van der Waals surface area contributed by atoms with Crippen molar-refractivity contribution in [1.82, 2.24) is 9.80 Å². The van der Waals surface area contributed by atoms with Gasteiger partial charge in [-0.3, -0.25) is 4.90 Å². The standard InChI is InChI=1S/C15H29ClN4/c1-14(2)9-11(10-15(3,4)20(14)6)19(5)13(18)8-7-12(16)17/h7-8,11H,9-10,17-18H2,1-6H3/b12-7-,13-8+. The number of rotatable bonds is 3. The average Bonchev–Trinajstić information content (AvgIpc) is 2.31. The van der Waals surface area contributed by atoms with Crippen LogP contribution in [0.3, 0.4) is 0 Å². The molecule has 0 unspecified atom stereocenters. The zero-order valence-electron chi connectivity index (χ0n) is 13.6. The minimum Gasteiger partial charge on any atom is -0.389 e. The second-order valence-electron chi connectivity index (χ2n) is 7.00. The number of likely N-dealkylation sites (tertiary alicyclic amines) is 1. The monoisotopic (exact) mass is 300 g/mol. The van der Waals surface area contributed by atoms with Gasteiger partial charge in [0, 0.05) is 24.2 Å². The quantitative estimate of drug-likeness (QED) is 0.621. The van der Waals surface area contributed by atoms with Crippen LogP contribution in [0.5, 0.6) is 0 Å². The van der Waals surface area contributed by atoms with Gasteiger partial charge in [0.05, 0.1) is 11.0 Å². The second kappa shape index (κ2) is 5.86. The highest BCUT2D eigenvalue weighted by Gasteiger charge is 2.44. The molecule has 0 bridgehead atoms. The van der Waals surface area contributed by atoms with Crippen molar-refractivity contribution in [3.05, 3.63) is 23.1 Å². The number of nitrogens with two attached hydrogens (primary N) is 2. The maximum Gasteiger partial charge on any atom is 0.0993 e. The van der Waals surface area contributed by atoms with Gasteiger partial charge in [0.25, 0.3) is 0 Å². The highest BCUT2D eigenvalue weighted by molar-refractivity contribution is 6.29. The predicted octanol–water partition coefficient (Wildman–Crippen LogP) is 2.41. The lowest BCUT2D eigenvalue weighted by Crippen LogP contribution is -2.62. The highest BCUT2D eigenvalue weighted by atomic mass is 35.5. The van der Waals surface area contributed by atoms with Crippen LogP contribution in [0.1, 0.15) is 40.5 Å². The minimum atomic E-state index is 0.141. The topological polar surface area (TPSA) is 58.5 Å². The van der Waals surface area contributed by atoms with Crippen LogP contribution < -0.4 is 11.5 Å². The average molecular weight is 301 g/mol. The van der Waals surface area contributed by atoms with Crippen LogP contribution in [0.2, 0.25) is 0 Å². The van der Waals surface area contributed by atoms with Gasteiger partial charge in [-0.05, 0) is 59.7 Å². The molecule has 1 aliphatic rings. The zero-order chi connectivity index (χ0) is 15.7. The van der Waals surface area contributed by atoms with Gasteiger partial charge in [0.1, 0.15) is 0 Å². The van der Waals surface area contributed by atoms with Crippen LogP contribution >= 0.6 is 11.6 Å². The molecule has 1 heterocycles. The molecule has 0 aromatic heterocycles. The molecule has 5 heteroatoms. The summed E-state index contributed by atoms with van der Waals surface area (Å²) in [5, 5.41) is 0.241. The van der Waals surface area contributed by atoms with Gasteiger partial charge < -0.3 is 16.4 Å². The van der Waals surface area contributed by atoms with Gasteiger partial charge in [0.2, 0.25) is 0 Å². The molecule has 0 radical (unpaired) electrons. The van der Waals surface area contributed by atoms with Crippen LogP contribution in [0.4, 0.5) is 0 Å². The van der Waals surface area contributed by atoms with E-state index >= 15 is 0 Å². The van der Waals surface area contributed by atoms with Crippen LogP contribution in [0.25, 0.3) is 0 Å². The molecule has 1 fully saturated rings. The van der Waals surface area contributed by atoms with Gasteiger partial charge in [-0.2, -0.15) is 0 Å². The molecular formula is C15H29ClN4. The van der Waals surface area contributed by atoms with Gasteiger partial charge in [-0.15, -0.1) is 0 Å². The van der Waals surface area contributed by atoms with E-state index in [2.05, 4.69) is 44.5 Å². The third-order valence-electron chi connectivity index (χ3n) is 4.65. The molecule has 1 saturated heterocycles. The van der Waals surface area contributed by atoms with Crippen LogP contribution in [0.15, 0.2) is 23.1 Å². The first-order valence-corrected chi connectivity index (χ1v) is 7.40. The van der Waals surface area contributed by atoms with Gasteiger partial charge >= 0.3 is 0 Å². The van der Waals surface area contributed by atoms with E-state index in [0.29, 0.717) is 11.9 Å². The summed E-state index contributed by atoms with van der Waals surface area (Å²) < 4.78 is 0. The molecule has 0 aromatic carbocycles. The normalized spacial score (nSPS) is 24.8. The van der Waals surface area contributed by atoms with E-state index in [-0.39, 0.29) is 16.2 Å². The molecule has 0 aromatic rings. The predicted molar refractivity (Wildman–Crippen MR) is 87.1 cm³/mol. The first-order chi connectivity index (χ1) is 8.97. The van der Waals surface area contributed by atoms with Crippen molar-refractivity contribution < 1.29 is 0 Å². The fraction of sp³-hybridized carbons (Fsp3) is 0.733. The SMILES string of the molecule is CN(/C(N)=C/C=C(\N)Cl)C1CC(C)(C)N(C)C(C)(C)C1. The summed E-state index contributed by atoms with van der Waals surface area (Å²) >= 11 is 5.64. The van der Waals surface area contributed by atoms with Crippen molar-refractivity contribution in [1.29, 1.82) is 0 Å². The molecule has 20 heavy (non-hydrogen) atoms. The van der Waals surface area contributed by atoms with E-state index in [1.807, 2.05) is 7.05 Å². The summed E-state index contributed by atoms with van der Waals surface area (Å²) in [6, 6.07) is 0.400. The van der Waals surface area contributed by atoms with E-state index < -0.39 is 0 Å². The fourth-order valence-corrected chi connectivity index (χ4v) is 3.15. The first kappa shape index (κ1) is 17.2. The highest BCUT2D eigenvalue weighted by Crippen LogP contribution is 2.38. The zero-order valence-corrected chi connectivity index (χ0v) is 14.3. The van der Waals surface area contributed by atoms with Gasteiger partial charge in [0.15, 0.2) is 0 Å². The Labute approximate surface area is 128 Å². The Morgan fingerprint density at radius 2 is 1.60 bits per heavy atom. The smallest absolute Gasteiger partial charge is 0.0993 e. The van der Waals surface area contributed by atoms with Crippen molar-refractivity contribution in [2.24, 2.45) is 11.5 Å². The van der Waals surface area contributed by atoms with Crippen molar-refractivity contribution in [2.45, 2.75) is 57.7 Å². The number of piperidine rings is 1. The molecule has 1 aliphatic heterocycles. The fourth-order valence-electron chi connectivity index (χ4n) is 3.09. The van der Waals surface area contributed by atoms with Crippen LogP contribution in [-0.4, -0.2) is 41.0 Å². The van der Waals surface area contributed by atoms with E-state index in [0.717, 1.165) is 12.8 Å². The summed E-state index contributed by atoms with van der Waals surface area (Å²) in [5.41, 5.74) is 11.8. The summed E-state index contributed by atoms with van der Waals surface area (Å²) in [6.07, 6.45) is 5.52. The van der Waals surface area contributed by atoms with Crippen LogP contribution in [-0.2, 0) is 0 Å². The Morgan fingerprint density at radius 3 is 2.00 bits per heavy atom. The van der Waals surface area contributed by atoms with Gasteiger partial charge in [-0.1, -0.05) is 11.6 Å². The molecular weight excluding hydrogens is 272 g/mol. The minimum absolute atomic E-state index is 0.141. The third kappa shape index (κ3) is 3.83. The summed E-state index contributed by atoms with van der Waals surface area (Å²) in [6.45, 7) is 9.13. The van der Waals surface area contributed by atoms with Crippen LogP contribution in [0, 0.1) is 0 Å². The number of nitrogens with zero attached hydrogens (tertiary/aromatic N) is 2. The molecule has 1 rings (SSSR count). The number of hydrogen-bond acceptors (Lipinski definition) is 4. The molecule has 0 saturated carbocycles. The van der Waals surface area contributed by atoms with E-state index in [1.165, 1.54) is 0 Å². The Kier molecular flexibility index (Phi) is 5.03. The Hall–Kier alpha value is -0.870. The van der Waals surface area contributed by atoms with E-state index in [1.54, 1.807) is 12.2 Å². The van der Waals surface area contributed by atoms with Crippen molar-refractivity contribution >= 4 is 11.6 Å². The summed E-state index contributed by atoms with van der Waals surface area (Å²) in [5.74, 6) is 0.690. The molecule has 0 amide bonds. The van der Waals surface area contributed by atoms with E-state index in [9.17, 15) is 0 Å². The largest absolute Gasteiger partial charge is 0.389 e. The molecule has 116 valence electrons. The number of allylic oxidation sites excluding steroid dienone is 2. The lowest BCUT2D eigenvalue weighted by molar-refractivity contribution is -0.0367. The van der Waals surface area contributed by atoms with Crippen molar-refractivity contribution in [3.8, 4) is 0 Å². The second-order valence-corrected chi connectivity index (χ2v) is 7.44. The first-order valence-electron chi connectivity index (χ1n) is 7.02. The van der Waals surface area contributed by atoms with Gasteiger partial charge in [-0.25, -0.2) is 0 Å². The summed E-state index contributed by atoms with van der Waals surface area (Å²) in [7, 11) is 4.23. The molecule has 0 atom stereocenters. The Bertz CT molecular complexity index is 390. The molecule has 4 nitrogen and oxygen atoms in total.